The van der Waals surface area contributed by atoms with E-state index in [0.717, 1.165) is 50.1 Å². The lowest BCUT2D eigenvalue weighted by Gasteiger charge is -2.34. The van der Waals surface area contributed by atoms with Gasteiger partial charge in [-0.25, -0.2) is 4.98 Å². The lowest BCUT2D eigenvalue weighted by molar-refractivity contribution is -0.117. The highest BCUT2D eigenvalue weighted by atomic mass is 32.1. The summed E-state index contributed by atoms with van der Waals surface area (Å²) in [5, 5.41) is 12.1. The number of aromatic nitrogens is 4. The largest absolute Gasteiger partial charge is 0.334 e. The van der Waals surface area contributed by atoms with Crippen molar-refractivity contribution in [1.29, 1.82) is 0 Å². The van der Waals surface area contributed by atoms with Gasteiger partial charge in [-0.05, 0) is 13.8 Å². The molecule has 2 aromatic rings. The second-order valence-corrected chi connectivity index (χ2v) is 7.04. The fourth-order valence-corrected chi connectivity index (χ4v) is 3.40. The van der Waals surface area contributed by atoms with Crippen LogP contribution in [0.4, 0.5) is 5.13 Å². The van der Waals surface area contributed by atoms with Gasteiger partial charge in [-0.3, -0.25) is 19.9 Å². The van der Waals surface area contributed by atoms with Gasteiger partial charge in [-0.1, -0.05) is 11.3 Å². The predicted octanol–water partition coefficient (Wildman–Crippen LogP) is 0.819. The molecule has 1 saturated heterocycles. The van der Waals surface area contributed by atoms with E-state index < -0.39 is 0 Å². The zero-order chi connectivity index (χ0) is 16.9. The average molecular weight is 349 g/mol. The second-order valence-electron chi connectivity index (χ2n) is 5.86. The molecule has 0 bridgehead atoms. The quantitative estimate of drug-likeness (QED) is 0.832. The molecular weight excluding hydrogens is 326 g/mol. The van der Waals surface area contributed by atoms with Crippen LogP contribution in [-0.2, 0) is 17.9 Å². The number of hydrogen-bond acceptors (Lipinski definition) is 7. The van der Waals surface area contributed by atoms with Gasteiger partial charge in [-0.15, -0.1) is 10.2 Å². The fourth-order valence-electron chi connectivity index (χ4n) is 2.79. The number of piperazine rings is 1. The van der Waals surface area contributed by atoms with E-state index in [-0.39, 0.29) is 5.91 Å². The maximum atomic E-state index is 12.1. The van der Waals surface area contributed by atoms with Crippen molar-refractivity contribution in [3.8, 4) is 0 Å². The van der Waals surface area contributed by atoms with Crippen molar-refractivity contribution in [3.63, 3.8) is 0 Å². The summed E-state index contributed by atoms with van der Waals surface area (Å²) >= 11 is 1.39. The molecule has 1 aliphatic heterocycles. The van der Waals surface area contributed by atoms with Crippen molar-refractivity contribution >= 4 is 22.4 Å². The van der Waals surface area contributed by atoms with Crippen LogP contribution in [0.15, 0.2) is 12.4 Å². The highest BCUT2D eigenvalue weighted by Gasteiger charge is 2.20. The molecule has 2 aromatic heterocycles. The molecule has 1 fully saturated rings. The maximum Gasteiger partial charge on any atom is 0.240 e. The SMILES string of the molecule is CCn1ccnc1CN1CCN(CC(=O)Nc2nnc(C)s2)CC1. The first-order chi connectivity index (χ1) is 11.6. The molecular formula is C15H23N7OS. The van der Waals surface area contributed by atoms with Crippen molar-refractivity contribution in [1.82, 2.24) is 29.5 Å². The van der Waals surface area contributed by atoms with Crippen molar-refractivity contribution < 1.29 is 4.79 Å². The molecule has 9 heteroatoms. The molecule has 24 heavy (non-hydrogen) atoms. The Labute approximate surface area is 145 Å². The number of carbonyl (C=O) groups is 1. The Morgan fingerprint density at radius 3 is 2.67 bits per heavy atom. The summed E-state index contributed by atoms with van der Waals surface area (Å²) in [5.41, 5.74) is 0. The molecule has 1 aliphatic rings. The first-order valence-corrected chi connectivity index (χ1v) is 9.00. The number of hydrogen-bond donors (Lipinski definition) is 1. The second kappa shape index (κ2) is 7.82. The molecule has 1 N–H and O–H groups in total. The van der Waals surface area contributed by atoms with Gasteiger partial charge in [0.05, 0.1) is 13.1 Å². The number of aryl methyl sites for hydroxylation is 2. The standard InChI is InChI=1S/C15H23N7OS/c1-3-22-5-4-16-13(22)10-20-6-8-21(9-7-20)11-14(23)17-15-19-18-12(2)24-15/h4-5H,3,6-11H2,1-2H3,(H,17,19,23). The molecule has 130 valence electrons. The van der Waals surface area contributed by atoms with Crippen LogP contribution in [0.3, 0.4) is 0 Å². The highest BCUT2D eigenvalue weighted by Crippen LogP contribution is 2.13. The van der Waals surface area contributed by atoms with E-state index >= 15 is 0 Å². The van der Waals surface area contributed by atoms with Crippen molar-refractivity contribution in [2.24, 2.45) is 0 Å². The van der Waals surface area contributed by atoms with Crippen LogP contribution in [0.25, 0.3) is 0 Å². The van der Waals surface area contributed by atoms with Crippen LogP contribution in [0.1, 0.15) is 17.8 Å². The van der Waals surface area contributed by atoms with Gasteiger partial charge < -0.3 is 4.57 Å². The zero-order valence-electron chi connectivity index (χ0n) is 14.1. The molecule has 3 rings (SSSR count). The minimum atomic E-state index is -0.0267. The molecule has 3 heterocycles. The van der Waals surface area contributed by atoms with Crippen LogP contribution in [0.5, 0.6) is 0 Å². The maximum absolute atomic E-state index is 12.1. The summed E-state index contributed by atoms with van der Waals surface area (Å²) < 4.78 is 2.17. The molecule has 1 amide bonds. The molecule has 8 nitrogen and oxygen atoms in total. The van der Waals surface area contributed by atoms with Crippen molar-refractivity contribution in [3.05, 3.63) is 23.2 Å². The molecule has 0 saturated carbocycles. The van der Waals surface area contributed by atoms with Gasteiger partial charge in [0.25, 0.3) is 0 Å². The first-order valence-electron chi connectivity index (χ1n) is 8.18. The summed E-state index contributed by atoms with van der Waals surface area (Å²) in [5.74, 6) is 1.08. The zero-order valence-corrected chi connectivity index (χ0v) is 14.9. The molecule has 0 atom stereocenters. The average Bonchev–Trinajstić information content (AvgIpc) is 3.18. The Hall–Kier alpha value is -1.84. The fraction of sp³-hybridized carbons (Fsp3) is 0.600. The first kappa shape index (κ1) is 17.0. The summed E-state index contributed by atoms with van der Waals surface area (Å²) in [6, 6.07) is 0. The molecule has 0 unspecified atom stereocenters. The van der Waals surface area contributed by atoms with Gasteiger partial charge in [0.1, 0.15) is 10.8 Å². The van der Waals surface area contributed by atoms with E-state index in [1.165, 1.54) is 11.3 Å². The molecule has 0 radical (unpaired) electrons. The monoisotopic (exact) mass is 349 g/mol. The third-order valence-electron chi connectivity index (χ3n) is 4.11. The summed E-state index contributed by atoms with van der Waals surface area (Å²) in [7, 11) is 0. The highest BCUT2D eigenvalue weighted by molar-refractivity contribution is 7.15. The minimum Gasteiger partial charge on any atom is -0.334 e. The third-order valence-corrected chi connectivity index (χ3v) is 4.87. The number of imidazole rings is 1. The molecule has 0 spiro atoms. The predicted molar refractivity (Wildman–Crippen MR) is 92.9 cm³/mol. The Morgan fingerprint density at radius 2 is 2.00 bits per heavy atom. The lowest BCUT2D eigenvalue weighted by Crippen LogP contribution is -2.48. The van der Waals surface area contributed by atoms with E-state index in [0.29, 0.717) is 11.7 Å². The van der Waals surface area contributed by atoms with Crippen LogP contribution in [0, 0.1) is 6.92 Å². The van der Waals surface area contributed by atoms with Crippen LogP contribution >= 0.6 is 11.3 Å². The number of carbonyl (C=O) groups excluding carboxylic acids is 1. The van der Waals surface area contributed by atoms with E-state index in [9.17, 15) is 4.79 Å². The Morgan fingerprint density at radius 1 is 1.25 bits per heavy atom. The van der Waals surface area contributed by atoms with E-state index in [1.54, 1.807) is 0 Å². The van der Waals surface area contributed by atoms with Crippen LogP contribution in [-0.4, -0.2) is 68.2 Å². The van der Waals surface area contributed by atoms with Crippen LogP contribution in [0.2, 0.25) is 0 Å². The summed E-state index contributed by atoms with van der Waals surface area (Å²) in [6.07, 6.45) is 3.87. The van der Waals surface area contributed by atoms with Gasteiger partial charge in [-0.2, -0.15) is 0 Å². The van der Waals surface area contributed by atoms with Gasteiger partial charge >= 0.3 is 0 Å². The van der Waals surface area contributed by atoms with Crippen molar-refractivity contribution in [2.45, 2.75) is 26.9 Å². The minimum absolute atomic E-state index is 0.0267. The van der Waals surface area contributed by atoms with E-state index in [1.807, 2.05) is 19.3 Å². The summed E-state index contributed by atoms with van der Waals surface area (Å²) in [6.45, 7) is 9.87. The van der Waals surface area contributed by atoms with Gasteiger partial charge in [0.15, 0.2) is 0 Å². The number of anilines is 1. The smallest absolute Gasteiger partial charge is 0.240 e. The number of amides is 1. The molecule has 0 aliphatic carbocycles. The Balaban J connectivity index is 1.42. The van der Waals surface area contributed by atoms with Crippen LogP contribution < -0.4 is 5.32 Å². The van der Waals surface area contributed by atoms with Gasteiger partial charge in [0, 0.05) is 45.1 Å². The number of nitrogens with zero attached hydrogens (tertiary/aromatic N) is 6. The number of rotatable bonds is 6. The van der Waals surface area contributed by atoms with E-state index in [2.05, 4.69) is 41.8 Å². The normalized spacial score (nSPS) is 16.4. The van der Waals surface area contributed by atoms with Crippen molar-refractivity contribution in [2.75, 3.05) is 38.0 Å². The Kier molecular flexibility index (Phi) is 5.54. The number of nitrogens with one attached hydrogen (secondary N) is 1. The van der Waals surface area contributed by atoms with E-state index in [4.69, 9.17) is 0 Å². The third kappa shape index (κ3) is 4.37. The van der Waals surface area contributed by atoms with Gasteiger partial charge in [0.2, 0.25) is 11.0 Å². The lowest BCUT2D eigenvalue weighted by atomic mass is 10.3. The Bertz CT molecular complexity index is 675. The topological polar surface area (TPSA) is 79.2 Å². The summed E-state index contributed by atoms with van der Waals surface area (Å²) in [4.78, 5) is 21.1. The molecule has 0 aromatic carbocycles.